The van der Waals surface area contributed by atoms with E-state index in [0.29, 0.717) is 0 Å². The lowest BCUT2D eigenvalue weighted by Gasteiger charge is -2.13. The van der Waals surface area contributed by atoms with E-state index in [9.17, 15) is 0 Å². The average molecular weight is 322 g/mol. The zero-order chi connectivity index (χ0) is 13.8. The van der Waals surface area contributed by atoms with E-state index in [1.807, 2.05) is 4.68 Å². The Balaban J connectivity index is 1.93. The van der Waals surface area contributed by atoms with Crippen molar-refractivity contribution in [3.63, 3.8) is 0 Å². The second-order valence-electron chi connectivity index (χ2n) is 5.08. The highest BCUT2D eigenvalue weighted by Crippen LogP contribution is 2.23. The average Bonchev–Trinajstić information content (AvgIpc) is 2.85. The predicted molar refractivity (Wildman–Crippen MR) is 81.6 cm³/mol. The Morgan fingerprint density at radius 2 is 1.89 bits per heavy atom. The Labute approximate surface area is 123 Å². The Morgan fingerprint density at radius 3 is 2.47 bits per heavy atom. The zero-order valence-corrected chi connectivity index (χ0v) is 13.3. The fourth-order valence-electron chi connectivity index (χ4n) is 2.55. The van der Waals surface area contributed by atoms with Crippen LogP contribution in [0.15, 0.2) is 24.8 Å². The molecule has 19 heavy (non-hydrogen) atoms. The number of aryl methyl sites for hydroxylation is 3. The summed E-state index contributed by atoms with van der Waals surface area (Å²) in [5, 5.41) is 4.15. The highest BCUT2D eigenvalue weighted by atomic mass is 79.9. The largest absolute Gasteiger partial charge is 0.239 e. The number of hydrogen-bond acceptors (Lipinski definition) is 2. The van der Waals surface area contributed by atoms with Crippen molar-refractivity contribution in [1.29, 1.82) is 0 Å². The van der Waals surface area contributed by atoms with Gasteiger partial charge in [-0.1, -0.05) is 33.6 Å². The second kappa shape index (κ2) is 6.33. The Hall–Kier alpha value is -1.16. The minimum absolute atomic E-state index is 0.237. The minimum Gasteiger partial charge on any atom is -0.239 e. The van der Waals surface area contributed by atoms with Gasteiger partial charge in [0.25, 0.3) is 0 Å². The fourth-order valence-corrected chi connectivity index (χ4v) is 3.08. The summed E-state index contributed by atoms with van der Waals surface area (Å²) >= 11 is 3.65. The van der Waals surface area contributed by atoms with E-state index >= 15 is 0 Å². The highest BCUT2D eigenvalue weighted by molar-refractivity contribution is 9.09. The number of benzene rings is 1. The van der Waals surface area contributed by atoms with E-state index in [0.717, 1.165) is 19.3 Å². The molecule has 2 aromatic rings. The number of rotatable bonds is 5. The van der Waals surface area contributed by atoms with Crippen molar-refractivity contribution >= 4 is 15.9 Å². The molecule has 0 saturated carbocycles. The Bertz CT molecular complexity index is 511. The number of hydrogen-bond donors (Lipinski definition) is 0. The summed E-state index contributed by atoms with van der Waals surface area (Å²) in [6, 6.07) is 4.54. The van der Waals surface area contributed by atoms with Crippen LogP contribution in [0.2, 0.25) is 0 Å². The van der Waals surface area contributed by atoms with Crippen LogP contribution < -0.4 is 0 Å². The first-order chi connectivity index (χ1) is 9.08. The van der Waals surface area contributed by atoms with Gasteiger partial charge >= 0.3 is 0 Å². The molecule has 1 aromatic heterocycles. The van der Waals surface area contributed by atoms with Crippen LogP contribution in [0.3, 0.4) is 0 Å². The van der Waals surface area contributed by atoms with Gasteiger partial charge in [-0.2, -0.15) is 5.10 Å². The van der Waals surface area contributed by atoms with Crippen molar-refractivity contribution < 1.29 is 0 Å². The molecular weight excluding hydrogens is 302 g/mol. The van der Waals surface area contributed by atoms with Gasteiger partial charge in [-0.15, -0.1) is 0 Å². The minimum atomic E-state index is 0.237. The molecule has 0 amide bonds. The summed E-state index contributed by atoms with van der Waals surface area (Å²) in [7, 11) is 0. The van der Waals surface area contributed by atoms with E-state index in [4.69, 9.17) is 0 Å². The molecule has 2 rings (SSSR count). The standard InChI is InChI=1S/C15H20BrN3/c1-11-7-12(2)14(13(3)8-11)5-4-6-15(16)19-10-17-9-18-19/h7-10,15H,4-6H2,1-3H3. The number of aromatic nitrogens is 3. The molecular formula is C15H20BrN3. The third-order valence-electron chi connectivity index (χ3n) is 3.43. The Morgan fingerprint density at radius 1 is 1.21 bits per heavy atom. The molecule has 1 aromatic carbocycles. The third kappa shape index (κ3) is 3.66. The molecule has 0 aliphatic heterocycles. The van der Waals surface area contributed by atoms with Gasteiger partial charge in [0.05, 0.1) is 0 Å². The van der Waals surface area contributed by atoms with Gasteiger partial charge in [0, 0.05) is 0 Å². The van der Waals surface area contributed by atoms with Crippen molar-refractivity contribution in [2.45, 2.75) is 45.0 Å². The fraction of sp³-hybridized carbons (Fsp3) is 0.467. The van der Waals surface area contributed by atoms with Gasteiger partial charge in [-0.3, -0.25) is 0 Å². The van der Waals surface area contributed by atoms with Crippen LogP contribution in [-0.4, -0.2) is 14.8 Å². The van der Waals surface area contributed by atoms with Gasteiger partial charge in [-0.25, -0.2) is 9.67 Å². The second-order valence-corrected chi connectivity index (χ2v) is 6.14. The normalized spacial score (nSPS) is 12.6. The van der Waals surface area contributed by atoms with Crippen molar-refractivity contribution in [1.82, 2.24) is 14.8 Å². The van der Waals surface area contributed by atoms with E-state index in [1.165, 1.54) is 22.3 Å². The summed E-state index contributed by atoms with van der Waals surface area (Å²) in [5.74, 6) is 0. The van der Waals surface area contributed by atoms with Crippen LogP contribution in [0.4, 0.5) is 0 Å². The van der Waals surface area contributed by atoms with Gasteiger partial charge in [-0.05, 0) is 56.7 Å². The van der Waals surface area contributed by atoms with Crippen LogP contribution in [0, 0.1) is 20.8 Å². The lowest BCUT2D eigenvalue weighted by molar-refractivity contribution is 0.549. The molecule has 0 radical (unpaired) electrons. The first-order valence-electron chi connectivity index (χ1n) is 6.63. The monoisotopic (exact) mass is 321 g/mol. The SMILES string of the molecule is Cc1cc(C)c(CCCC(Br)n2cncn2)c(C)c1. The van der Waals surface area contributed by atoms with Gasteiger partial charge in [0.1, 0.15) is 17.6 Å². The van der Waals surface area contributed by atoms with Crippen LogP contribution in [0.25, 0.3) is 0 Å². The summed E-state index contributed by atoms with van der Waals surface area (Å²) in [4.78, 5) is 4.21. The molecule has 0 aliphatic carbocycles. The molecule has 0 fully saturated rings. The van der Waals surface area contributed by atoms with Crippen molar-refractivity contribution in [2.75, 3.05) is 0 Å². The maximum absolute atomic E-state index is 4.15. The van der Waals surface area contributed by atoms with E-state index in [2.05, 4.69) is 58.9 Å². The Kier molecular flexibility index (Phi) is 4.75. The first kappa shape index (κ1) is 14.3. The van der Waals surface area contributed by atoms with E-state index in [1.54, 1.807) is 12.7 Å². The molecule has 0 N–H and O–H groups in total. The van der Waals surface area contributed by atoms with E-state index < -0.39 is 0 Å². The van der Waals surface area contributed by atoms with Gasteiger partial charge < -0.3 is 0 Å². The maximum atomic E-state index is 4.15. The smallest absolute Gasteiger partial charge is 0.137 e. The molecule has 3 nitrogen and oxygen atoms in total. The lowest BCUT2D eigenvalue weighted by Crippen LogP contribution is -2.04. The summed E-state index contributed by atoms with van der Waals surface area (Å²) < 4.78 is 1.86. The zero-order valence-electron chi connectivity index (χ0n) is 11.7. The van der Waals surface area contributed by atoms with Crippen LogP contribution in [0.5, 0.6) is 0 Å². The number of alkyl halides is 1. The molecule has 4 heteroatoms. The topological polar surface area (TPSA) is 30.7 Å². The summed E-state index contributed by atoms with van der Waals surface area (Å²) in [6.07, 6.45) is 6.63. The van der Waals surface area contributed by atoms with Crippen LogP contribution in [-0.2, 0) is 6.42 Å². The molecule has 1 unspecified atom stereocenters. The molecule has 0 spiro atoms. The third-order valence-corrected chi connectivity index (χ3v) is 4.31. The quantitative estimate of drug-likeness (QED) is 0.775. The number of halogens is 1. The lowest BCUT2D eigenvalue weighted by atomic mass is 9.96. The van der Waals surface area contributed by atoms with Gasteiger partial charge in [0.2, 0.25) is 0 Å². The number of nitrogens with zero attached hydrogens (tertiary/aromatic N) is 3. The molecule has 1 atom stereocenters. The van der Waals surface area contributed by atoms with Crippen LogP contribution >= 0.6 is 15.9 Å². The molecule has 0 saturated heterocycles. The predicted octanol–water partition coefficient (Wildman–Crippen LogP) is 4.12. The highest BCUT2D eigenvalue weighted by Gasteiger charge is 2.08. The molecule has 102 valence electrons. The summed E-state index contributed by atoms with van der Waals surface area (Å²) in [5.41, 5.74) is 5.65. The van der Waals surface area contributed by atoms with Crippen molar-refractivity contribution in [3.05, 3.63) is 47.0 Å². The molecule has 0 aliphatic rings. The molecule has 1 heterocycles. The van der Waals surface area contributed by atoms with Crippen molar-refractivity contribution in [3.8, 4) is 0 Å². The summed E-state index contributed by atoms with van der Waals surface area (Å²) in [6.45, 7) is 6.57. The molecule has 0 bridgehead atoms. The van der Waals surface area contributed by atoms with E-state index in [-0.39, 0.29) is 4.95 Å². The van der Waals surface area contributed by atoms with Crippen molar-refractivity contribution in [2.24, 2.45) is 0 Å². The first-order valence-corrected chi connectivity index (χ1v) is 7.54. The maximum Gasteiger partial charge on any atom is 0.137 e. The van der Waals surface area contributed by atoms with Gasteiger partial charge in [0.15, 0.2) is 0 Å². The van der Waals surface area contributed by atoms with Crippen LogP contribution in [0.1, 0.15) is 40.0 Å².